The summed E-state index contributed by atoms with van der Waals surface area (Å²) in [5, 5.41) is 39.6. The van der Waals surface area contributed by atoms with Crippen LogP contribution in [-0.2, 0) is 0 Å². The molecule has 12 nitrogen and oxygen atoms in total. The van der Waals surface area contributed by atoms with E-state index >= 15 is 0 Å². The molecule has 2 aromatic heterocycles. The van der Waals surface area contributed by atoms with Crippen molar-refractivity contribution in [1.29, 1.82) is 0 Å². The van der Waals surface area contributed by atoms with Crippen LogP contribution in [0.4, 0.5) is 5.95 Å². The topological polar surface area (TPSA) is 153 Å². The summed E-state index contributed by atoms with van der Waals surface area (Å²) < 4.78 is 0.521. The molecule has 0 saturated carbocycles. The van der Waals surface area contributed by atoms with Crippen molar-refractivity contribution in [1.82, 2.24) is 40.6 Å². The van der Waals surface area contributed by atoms with Gasteiger partial charge in [-0.25, -0.2) is 4.85 Å². The lowest BCUT2D eigenvalue weighted by Crippen LogP contribution is -2.08. The third-order valence-electron chi connectivity index (χ3n) is 1.23. The summed E-state index contributed by atoms with van der Waals surface area (Å²) in [5.74, 6) is -1.22. The Hall–Kier alpha value is -2.66. The quantitative estimate of drug-likeness (QED) is 0.389. The van der Waals surface area contributed by atoms with Crippen LogP contribution in [0.25, 0.3) is 5.95 Å². The smallest absolute Gasteiger partial charge is 0.487 e. The summed E-state index contributed by atoms with van der Waals surface area (Å²) in [6.45, 7) is 0. The van der Waals surface area contributed by atoms with E-state index in [4.69, 9.17) is 0 Å². The summed E-state index contributed by atoms with van der Waals surface area (Å²) in [6, 6.07) is 0. The zero-order valence-electron chi connectivity index (χ0n) is 6.25. The third kappa shape index (κ3) is 1.01. The minimum Gasteiger partial charge on any atom is -0.786 e. The fourth-order valence-electron chi connectivity index (χ4n) is 0.724. The van der Waals surface area contributed by atoms with Crippen LogP contribution in [0.2, 0.25) is 0 Å². The molecule has 0 unspecified atom stereocenters. The first kappa shape index (κ1) is 7.96. The number of aromatic nitrogens is 8. The zero-order chi connectivity index (χ0) is 10.1. The fourth-order valence-corrected chi connectivity index (χ4v) is 0.724. The van der Waals surface area contributed by atoms with Crippen molar-refractivity contribution in [2.75, 3.05) is 0 Å². The lowest BCUT2D eigenvalue weighted by atomic mass is 10.9. The van der Waals surface area contributed by atoms with E-state index in [9.17, 15) is 15.3 Å². The van der Waals surface area contributed by atoms with Crippen molar-refractivity contribution in [3.05, 3.63) is 15.3 Å². The highest BCUT2D eigenvalue weighted by Crippen LogP contribution is 2.07. The average Bonchev–Trinajstić information content (AvgIpc) is 2.70. The monoisotopic (exact) mass is 198 g/mol. The molecule has 0 fully saturated rings. The van der Waals surface area contributed by atoms with Gasteiger partial charge in [0.25, 0.3) is 0 Å². The molecular formula is C2N9O3-. The van der Waals surface area contributed by atoms with Gasteiger partial charge in [0.2, 0.25) is 0 Å². The van der Waals surface area contributed by atoms with Gasteiger partial charge in [-0.15, -0.1) is 0 Å². The Morgan fingerprint density at radius 2 is 1.93 bits per heavy atom. The van der Waals surface area contributed by atoms with E-state index in [0.29, 0.717) is 4.68 Å². The Balaban J connectivity index is 2.57. The molecule has 0 atom stereocenters. The van der Waals surface area contributed by atoms with E-state index in [1.807, 2.05) is 0 Å². The van der Waals surface area contributed by atoms with E-state index in [1.165, 1.54) is 0 Å². The Bertz CT molecular complexity index is 470. The first-order valence-electron chi connectivity index (χ1n) is 3.09. The van der Waals surface area contributed by atoms with Crippen LogP contribution in [0.15, 0.2) is 0 Å². The SMILES string of the molecule is O=[N+]([O-])c1nnnn1-c1nnnn1[O-]. The van der Waals surface area contributed by atoms with Crippen LogP contribution in [0.3, 0.4) is 0 Å². The second kappa shape index (κ2) is 2.68. The first-order chi connectivity index (χ1) is 6.70. The molecule has 0 amide bonds. The van der Waals surface area contributed by atoms with Gasteiger partial charge < -0.3 is 15.3 Å². The lowest BCUT2D eigenvalue weighted by molar-refractivity contribution is -0.396. The molecule has 2 aromatic rings. The molecule has 2 rings (SSSR count). The van der Waals surface area contributed by atoms with Gasteiger partial charge in [-0.3, -0.25) is 0 Å². The molecule has 0 aromatic carbocycles. The van der Waals surface area contributed by atoms with Crippen LogP contribution < -0.4 is 0 Å². The molecule has 12 heteroatoms. The van der Waals surface area contributed by atoms with Crippen molar-refractivity contribution >= 4 is 5.95 Å². The highest BCUT2D eigenvalue weighted by molar-refractivity contribution is 5.15. The second-order valence-corrected chi connectivity index (χ2v) is 2.00. The molecule has 0 aliphatic carbocycles. The normalized spacial score (nSPS) is 10.3. The fraction of sp³-hybridized carbons (Fsp3) is 0. The number of hydrogen-bond donors (Lipinski definition) is 0. The summed E-state index contributed by atoms with van der Waals surface area (Å²) in [4.78, 5) is 9.45. The Morgan fingerprint density at radius 1 is 1.21 bits per heavy atom. The average molecular weight is 198 g/mol. The summed E-state index contributed by atoms with van der Waals surface area (Å²) in [6.07, 6.45) is 0. The zero-order valence-corrected chi connectivity index (χ0v) is 6.25. The molecule has 14 heavy (non-hydrogen) atoms. The maximum atomic E-state index is 10.8. The van der Waals surface area contributed by atoms with Crippen LogP contribution >= 0.6 is 0 Å². The van der Waals surface area contributed by atoms with Crippen LogP contribution in [0.1, 0.15) is 0 Å². The predicted molar refractivity (Wildman–Crippen MR) is 35.9 cm³/mol. The van der Waals surface area contributed by atoms with E-state index in [2.05, 4.69) is 31.1 Å². The van der Waals surface area contributed by atoms with Crippen molar-refractivity contribution in [2.24, 2.45) is 0 Å². The lowest BCUT2D eigenvalue weighted by Gasteiger charge is -2.01. The van der Waals surface area contributed by atoms with Crippen LogP contribution in [-0.4, -0.2) is 45.5 Å². The van der Waals surface area contributed by atoms with Gasteiger partial charge >= 0.3 is 11.9 Å². The molecule has 2 heterocycles. The number of tetrazole rings is 2. The van der Waals surface area contributed by atoms with Gasteiger partial charge in [0.1, 0.15) is 0 Å². The van der Waals surface area contributed by atoms with E-state index < -0.39 is 16.8 Å². The van der Waals surface area contributed by atoms with E-state index in [-0.39, 0.29) is 4.85 Å². The van der Waals surface area contributed by atoms with Gasteiger partial charge in [-0.1, -0.05) is 5.10 Å². The Labute approximate surface area is 73.9 Å². The summed E-state index contributed by atoms with van der Waals surface area (Å²) >= 11 is 0. The number of hydrogen-bond acceptors (Lipinski definition) is 9. The molecule has 0 N–H and O–H groups in total. The highest BCUT2D eigenvalue weighted by atomic mass is 16.6. The summed E-state index contributed by atoms with van der Waals surface area (Å²) in [5.41, 5.74) is 0. The molecule has 0 radical (unpaired) electrons. The molecule has 0 aliphatic heterocycles. The Morgan fingerprint density at radius 3 is 2.50 bits per heavy atom. The number of nitro groups is 1. The highest BCUT2D eigenvalue weighted by Gasteiger charge is 2.23. The van der Waals surface area contributed by atoms with E-state index in [1.54, 1.807) is 0 Å². The van der Waals surface area contributed by atoms with Crippen molar-refractivity contribution < 1.29 is 4.92 Å². The first-order valence-corrected chi connectivity index (χ1v) is 3.09. The van der Waals surface area contributed by atoms with E-state index in [0.717, 1.165) is 0 Å². The van der Waals surface area contributed by atoms with Gasteiger partial charge in [0.15, 0.2) is 0 Å². The van der Waals surface area contributed by atoms with Gasteiger partial charge in [0.05, 0.1) is 10.3 Å². The van der Waals surface area contributed by atoms with Crippen molar-refractivity contribution in [3.63, 3.8) is 0 Å². The molecule has 0 spiro atoms. The second-order valence-electron chi connectivity index (χ2n) is 2.00. The molecular weight excluding hydrogens is 198 g/mol. The van der Waals surface area contributed by atoms with Gasteiger partial charge in [-0.05, 0) is 20.0 Å². The van der Waals surface area contributed by atoms with Crippen LogP contribution in [0.5, 0.6) is 0 Å². The maximum Gasteiger partial charge on any atom is 0.487 e. The molecule has 0 saturated heterocycles. The van der Waals surface area contributed by atoms with Crippen LogP contribution in [0, 0.1) is 15.3 Å². The standard InChI is InChI=1S/C2N9O3/c12-10-1(3-6-8-10)9-2(11(13)14)4-5-7-9/q-1. The Kier molecular flexibility index (Phi) is 1.53. The predicted octanol–water partition coefficient (Wildman–Crippen LogP) is -2.10. The molecule has 0 aliphatic rings. The third-order valence-corrected chi connectivity index (χ3v) is 1.23. The van der Waals surface area contributed by atoms with Crippen molar-refractivity contribution in [2.45, 2.75) is 0 Å². The number of nitrogens with zero attached hydrogens (tertiary/aromatic N) is 9. The summed E-state index contributed by atoms with van der Waals surface area (Å²) in [7, 11) is 0. The minimum atomic E-state index is -0.866. The number of rotatable bonds is 2. The molecule has 72 valence electrons. The minimum absolute atomic E-state index is 0.0383. The van der Waals surface area contributed by atoms with Gasteiger partial charge in [-0.2, -0.15) is 0 Å². The largest absolute Gasteiger partial charge is 0.786 e. The maximum absolute atomic E-state index is 10.8. The molecule has 0 bridgehead atoms. The van der Waals surface area contributed by atoms with Gasteiger partial charge in [0, 0.05) is 5.21 Å². The van der Waals surface area contributed by atoms with Crippen molar-refractivity contribution in [3.8, 4) is 5.95 Å².